The summed E-state index contributed by atoms with van der Waals surface area (Å²) in [6.45, 7) is 2.07. The highest BCUT2D eigenvalue weighted by Gasteiger charge is 2.32. The largest absolute Gasteiger partial charge is 0.381 e. The average molecular weight is 266 g/mol. The Morgan fingerprint density at radius 3 is 2.94 bits per heavy atom. The Balaban J connectivity index is 2.06. The fourth-order valence-electron chi connectivity index (χ4n) is 1.88. The number of anilines is 2. The normalized spacial score (nSPS) is 19.3. The summed E-state index contributed by atoms with van der Waals surface area (Å²) in [5.74, 6) is 1.46. The minimum atomic E-state index is -0.0173. The predicted molar refractivity (Wildman–Crippen MR) is 70.0 cm³/mol. The van der Waals surface area contributed by atoms with Crippen molar-refractivity contribution in [3.63, 3.8) is 0 Å². The number of nitrogens with zero attached hydrogens (tertiary/aromatic N) is 3. The highest BCUT2D eigenvalue weighted by atomic mass is 32.2. The average Bonchev–Trinajstić information content (AvgIpc) is 2.69. The second-order valence-electron chi connectivity index (χ2n) is 4.14. The smallest absolute Gasteiger partial charge is 0.228 e. The quantitative estimate of drug-likeness (QED) is 0.866. The SMILES string of the molecule is CC(=O)SCC1CC(=O)N(c2nccnc2N)C1. The molecule has 1 aromatic heterocycles. The van der Waals surface area contributed by atoms with Crippen molar-refractivity contribution in [2.24, 2.45) is 5.92 Å². The van der Waals surface area contributed by atoms with Gasteiger partial charge in [0.25, 0.3) is 0 Å². The Morgan fingerprint density at radius 1 is 1.56 bits per heavy atom. The number of nitrogen functional groups attached to an aromatic ring is 1. The third-order valence-electron chi connectivity index (χ3n) is 2.69. The Morgan fingerprint density at radius 2 is 2.28 bits per heavy atom. The number of amides is 1. The van der Waals surface area contributed by atoms with Crippen LogP contribution in [0.15, 0.2) is 12.4 Å². The summed E-state index contributed by atoms with van der Waals surface area (Å²) in [5, 5.41) is 0.0694. The molecule has 18 heavy (non-hydrogen) atoms. The summed E-state index contributed by atoms with van der Waals surface area (Å²) in [5.41, 5.74) is 5.70. The van der Waals surface area contributed by atoms with Crippen molar-refractivity contribution in [1.29, 1.82) is 0 Å². The number of rotatable bonds is 3. The van der Waals surface area contributed by atoms with E-state index in [1.54, 1.807) is 4.90 Å². The van der Waals surface area contributed by atoms with E-state index in [9.17, 15) is 9.59 Å². The molecule has 7 heteroatoms. The van der Waals surface area contributed by atoms with Crippen LogP contribution in [0.3, 0.4) is 0 Å². The number of thioether (sulfide) groups is 1. The molecule has 1 atom stereocenters. The van der Waals surface area contributed by atoms with E-state index in [1.807, 2.05) is 0 Å². The molecule has 1 fully saturated rings. The third kappa shape index (κ3) is 2.79. The van der Waals surface area contributed by atoms with E-state index >= 15 is 0 Å². The fraction of sp³-hybridized carbons (Fsp3) is 0.455. The molecular weight excluding hydrogens is 252 g/mol. The molecule has 1 aromatic rings. The lowest BCUT2D eigenvalue weighted by Crippen LogP contribution is -2.27. The fourth-order valence-corrected chi connectivity index (χ4v) is 2.58. The van der Waals surface area contributed by atoms with E-state index < -0.39 is 0 Å². The van der Waals surface area contributed by atoms with E-state index in [1.165, 1.54) is 31.1 Å². The van der Waals surface area contributed by atoms with Gasteiger partial charge in [0.05, 0.1) is 0 Å². The van der Waals surface area contributed by atoms with Crippen LogP contribution in [0.5, 0.6) is 0 Å². The van der Waals surface area contributed by atoms with Gasteiger partial charge in [-0.15, -0.1) is 0 Å². The maximum atomic E-state index is 11.9. The predicted octanol–water partition coefficient (Wildman–Crippen LogP) is 0.691. The molecule has 1 saturated heterocycles. The molecule has 0 radical (unpaired) electrons. The molecule has 1 aliphatic rings. The first-order valence-corrected chi connectivity index (χ1v) is 6.56. The molecule has 2 heterocycles. The number of carbonyl (C=O) groups is 2. The Labute approximate surface area is 109 Å². The summed E-state index contributed by atoms with van der Waals surface area (Å²) in [6.07, 6.45) is 3.43. The first kappa shape index (κ1) is 12.8. The van der Waals surface area contributed by atoms with Crippen LogP contribution >= 0.6 is 11.8 Å². The number of nitrogens with two attached hydrogens (primary N) is 1. The Hall–Kier alpha value is -1.63. The molecule has 0 spiro atoms. The maximum absolute atomic E-state index is 11.9. The van der Waals surface area contributed by atoms with Crippen LogP contribution in [-0.4, -0.2) is 33.3 Å². The van der Waals surface area contributed by atoms with Crippen molar-refractivity contribution in [3.8, 4) is 0 Å². The van der Waals surface area contributed by atoms with Gasteiger partial charge in [0, 0.05) is 38.0 Å². The maximum Gasteiger partial charge on any atom is 0.228 e. The molecular formula is C11H14N4O2S. The van der Waals surface area contributed by atoms with Crippen LogP contribution in [0.2, 0.25) is 0 Å². The first-order chi connectivity index (χ1) is 8.58. The van der Waals surface area contributed by atoms with Gasteiger partial charge in [-0.05, 0) is 5.92 Å². The number of aromatic nitrogens is 2. The Bertz CT molecular complexity index is 480. The number of hydrogen-bond acceptors (Lipinski definition) is 6. The molecule has 0 saturated carbocycles. The Kier molecular flexibility index (Phi) is 3.81. The minimum absolute atomic E-state index is 0.0173. The van der Waals surface area contributed by atoms with Crippen LogP contribution in [0.1, 0.15) is 13.3 Å². The van der Waals surface area contributed by atoms with E-state index in [2.05, 4.69) is 9.97 Å². The van der Waals surface area contributed by atoms with Crippen molar-refractivity contribution in [2.75, 3.05) is 22.9 Å². The third-order valence-corrected chi connectivity index (χ3v) is 3.73. The summed E-state index contributed by atoms with van der Waals surface area (Å²) in [6, 6.07) is 0. The van der Waals surface area contributed by atoms with Crippen LogP contribution < -0.4 is 10.6 Å². The van der Waals surface area contributed by atoms with Gasteiger partial charge in [-0.2, -0.15) is 0 Å². The van der Waals surface area contributed by atoms with E-state index in [4.69, 9.17) is 5.73 Å². The van der Waals surface area contributed by atoms with Gasteiger partial charge in [0.15, 0.2) is 16.8 Å². The highest BCUT2D eigenvalue weighted by Crippen LogP contribution is 2.28. The minimum Gasteiger partial charge on any atom is -0.381 e. The van der Waals surface area contributed by atoms with E-state index in [-0.39, 0.29) is 22.8 Å². The molecule has 1 amide bonds. The summed E-state index contributed by atoms with van der Waals surface area (Å²) in [7, 11) is 0. The van der Waals surface area contributed by atoms with Gasteiger partial charge in [-0.3, -0.25) is 14.5 Å². The highest BCUT2D eigenvalue weighted by molar-refractivity contribution is 8.13. The zero-order valence-electron chi connectivity index (χ0n) is 10.00. The van der Waals surface area contributed by atoms with Crippen LogP contribution in [0, 0.1) is 5.92 Å². The van der Waals surface area contributed by atoms with Crippen molar-refractivity contribution in [1.82, 2.24) is 9.97 Å². The second kappa shape index (κ2) is 5.34. The first-order valence-electron chi connectivity index (χ1n) is 5.58. The molecule has 0 aliphatic carbocycles. The zero-order valence-corrected chi connectivity index (χ0v) is 10.8. The summed E-state index contributed by atoms with van der Waals surface area (Å²) >= 11 is 1.25. The molecule has 96 valence electrons. The standard InChI is InChI=1S/C11H14N4O2S/c1-7(16)18-6-8-4-9(17)15(5-8)11-10(12)13-2-3-14-11/h2-3,8H,4-6H2,1H3,(H2,12,13). The van der Waals surface area contributed by atoms with Gasteiger partial charge in [0.1, 0.15) is 0 Å². The lowest BCUT2D eigenvalue weighted by Gasteiger charge is -2.16. The molecule has 2 rings (SSSR count). The van der Waals surface area contributed by atoms with Gasteiger partial charge in [-0.1, -0.05) is 11.8 Å². The molecule has 1 unspecified atom stereocenters. The van der Waals surface area contributed by atoms with Gasteiger partial charge < -0.3 is 5.73 Å². The lowest BCUT2D eigenvalue weighted by molar-refractivity contribution is -0.117. The molecule has 2 N–H and O–H groups in total. The van der Waals surface area contributed by atoms with Crippen molar-refractivity contribution in [3.05, 3.63) is 12.4 Å². The van der Waals surface area contributed by atoms with Gasteiger partial charge in [0.2, 0.25) is 5.91 Å². The second-order valence-corrected chi connectivity index (χ2v) is 5.34. The van der Waals surface area contributed by atoms with Gasteiger partial charge in [-0.25, -0.2) is 9.97 Å². The molecule has 1 aliphatic heterocycles. The molecule has 0 aromatic carbocycles. The van der Waals surface area contributed by atoms with Crippen molar-refractivity contribution < 1.29 is 9.59 Å². The van der Waals surface area contributed by atoms with E-state index in [0.717, 1.165) is 0 Å². The topological polar surface area (TPSA) is 89.2 Å². The number of carbonyl (C=O) groups excluding carboxylic acids is 2. The monoisotopic (exact) mass is 266 g/mol. The lowest BCUT2D eigenvalue weighted by atomic mass is 10.1. The van der Waals surface area contributed by atoms with Crippen LogP contribution in [0.4, 0.5) is 11.6 Å². The summed E-state index contributed by atoms with van der Waals surface area (Å²) < 4.78 is 0. The van der Waals surface area contributed by atoms with Crippen LogP contribution in [-0.2, 0) is 9.59 Å². The van der Waals surface area contributed by atoms with Crippen molar-refractivity contribution >= 4 is 34.4 Å². The van der Waals surface area contributed by atoms with Crippen LogP contribution in [0.25, 0.3) is 0 Å². The molecule has 0 bridgehead atoms. The van der Waals surface area contributed by atoms with Crippen molar-refractivity contribution in [2.45, 2.75) is 13.3 Å². The number of hydrogen-bond donors (Lipinski definition) is 1. The van der Waals surface area contributed by atoms with E-state index in [0.29, 0.717) is 24.5 Å². The summed E-state index contributed by atoms with van der Waals surface area (Å²) in [4.78, 5) is 32.4. The zero-order chi connectivity index (χ0) is 13.1. The van der Waals surface area contributed by atoms with Gasteiger partial charge >= 0.3 is 0 Å². The molecule has 6 nitrogen and oxygen atoms in total.